The van der Waals surface area contributed by atoms with Crippen molar-refractivity contribution in [3.63, 3.8) is 0 Å². The predicted octanol–water partition coefficient (Wildman–Crippen LogP) is 3.34. The third kappa shape index (κ3) is 6.38. The van der Waals surface area contributed by atoms with Crippen molar-refractivity contribution in [1.29, 1.82) is 0 Å². The second kappa shape index (κ2) is 9.66. The zero-order valence-corrected chi connectivity index (χ0v) is 14.3. The Morgan fingerprint density at radius 1 is 1.33 bits per heavy atom. The van der Waals surface area contributed by atoms with Crippen LogP contribution in [0.3, 0.4) is 0 Å². The normalized spacial score (nSPS) is 12.0. The summed E-state index contributed by atoms with van der Waals surface area (Å²) in [6, 6.07) is 3.71. The summed E-state index contributed by atoms with van der Waals surface area (Å²) in [4.78, 5) is 16.7. The van der Waals surface area contributed by atoms with Crippen molar-refractivity contribution >= 4 is 23.5 Å². The first kappa shape index (κ1) is 17.8. The predicted molar refractivity (Wildman–Crippen MR) is 92.3 cm³/mol. The van der Waals surface area contributed by atoms with E-state index in [0.717, 1.165) is 37.3 Å². The Balaban J connectivity index is 2.68. The van der Waals surface area contributed by atoms with Crippen LogP contribution in [0.4, 0.5) is 5.82 Å². The van der Waals surface area contributed by atoms with Crippen molar-refractivity contribution in [3.05, 3.63) is 23.4 Å². The summed E-state index contributed by atoms with van der Waals surface area (Å²) in [7, 11) is 0. The lowest BCUT2D eigenvalue weighted by atomic mass is 10.1. The molecule has 1 aromatic rings. The monoisotopic (exact) mass is 309 g/mol. The Bertz CT molecular complexity index is 451. The number of amides is 1. The second-order valence-electron chi connectivity index (χ2n) is 5.10. The van der Waals surface area contributed by atoms with Crippen LogP contribution < -0.4 is 10.6 Å². The molecular weight excluding hydrogens is 282 g/mol. The molecule has 0 aliphatic rings. The molecule has 1 atom stereocenters. The molecule has 0 aliphatic heterocycles. The van der Waals surface area contributed by atoms with Crippen molar-refractivity contribution in [3.8, 4) is 0 Å². The summed E-state index contributed by atoms with van der Waals surface area (Å²) < 4.78 is 0. The third-order valence-corrected chi connectivity index (χ3v) is 4.34. The molecular formula is C16H27N3OS. The van der Waals surface area contributed by atoms with Gasteiger partial charge in [-0.15, -0.1) is 0 Å². The summed E-state index contributed by atoms with van der Waals surface area (Å²) in [6.07, 6.45) is 4.94. The number of nitrogens with zero attached hydrogens (tertiary/aromatic N) is 1. The first-order valence-corrected chi connectivity index (χ1v) is 8.95. The smallest absolute Gasteiger partial charge is 0.251 e. The van der Waals surface area contributed by atoms with E-state index in [4.69, 9.17) is 0 Å². The molecule has 0 aliphatic carbocycles. The molecule has 1 aromatic heterocycles. The number of anilines is 1. The summed E-state index contributed by atoms with van der Waals surface area (Å²) in [5.74, 6) is 0.777. The Hall–Kier alpha value is -1.23. The lowest BCUT2D eigenvalue weighted by Gasteiger charge is -2.11. The van der Waals surface area contributed by atoms with E-state index in [1.807, 2.05) is 30.8 Å². The van der Waals surface area contributed by atoms with Gasteiger partial charge in [0.25, 0.3) is 5.91 Å². The van der Waals surface area contributed by atoms with Gasteiger partial charge in [-0.05, 0) is 37.7 Å². The van der Waals surface area contributed by atoms with Crippen LogP contribution in [0.5, 0.6) is 0 Å². The highest BCUT2D eigenvalue weighted by Gasteiger charge is 2.09. The van der Waals surface area contributed by atoms with Crippen molar-refractivity contribution < 1.29 is 4.79 Å². The van der Waals surface area contributed by atoms with E-state index in [1.54, 1.807) is 0 Å². The number of hydrogen-bond acceptors (Lipinski definition) is 4. The van der Waals surface area contributed by atoms with E-state index in [9.17, 15) is 4.79 Å². The zero-order chi connectivity index (χ0) is 15.7. The van der Waals surface area contributed by atoms with Gasteiger partial charge in [0.05, 0.1) is 0 Å². The number of carbonyl (C=O) groups excluding carboxylic acids is 1. The highest BCUT2D eigenvalue weighted by atomic mass is 32.2. The number of nitrogens with one attached hydrogen (secondary N) is 2. The van der Waals surface area contributed by atoms with Crippen LogP contribution in [0.2, 0.25) is 0 Å². The molecule has 5 heteroatoms. The molecule has 1 amide bonds. The largest absolute Gasteiger partial charge is 0.370 e. The van der Waals surface area contributed by atoms with Gasteiger partial charge in [0, 0.05) is 29.6 Å². The standard InChI is InChI=1S/C16H27N3OS/c1-5-8-17-15-11-13(10-14(6-2)19-15)16(20)18-9-7-12(3)21-4/h10-12H,5-9H2,1-4H3,(H,17,19)(H,18,20). The molecule has 0 spiro atoms. The average molecular weight is 309 g/mol. The van der Waals surface area contributed by atoms with Gasteiger partial charge in [-0.25, -0.2) is 4.98 Å². The molecule has 1 unspecified atom stereocenters. The van der Waals surface area contributed by atoms with Crippen molar-refractivity contribution in [2.24, 2.45) is 0 Å². The van der Waals surface area contributed by atoms with Gasteiger partial charge in [-0.1, -0.05) is 20.8 Å². The van der Waals surface area contributed by atoms with Crippen molar-refractivity contribution in [2.45, 2.75) is 45.3 Å². The molecule has 0 radical (unpaired) electrons. The summed E-state index contributed by atoms with van der Waals surface area (Å²) >= 11 is 1.82. The molecule has 21 heavy (non-hydrogen) atoms. The summed E-state index contributed by atoms with van der Waals surface area (Å²) in [5.41, 5.74) is 1.64. The quantitative estimate of drug-likeness (QED) is 0.734. The van der Waals surface area contributed by atoms with E-state index >= 15 is 0 Å². The van der Waals surface area contributed by atoms with E-state index in [2.05, 4.69) is 35.7 Å². The first-order chi connectivity index (χ1) is 10.1. The maximum Gasteiger partial charge on any atom is 0.251 e. The number of rotatable bonds is 9. The Kier molecular flexibility index (Phi) is 8.20. The van der Waals surface area contributed by atoms with Crippen LogP contribution in [-0.2, 0) is 6.42 Å². The highest BCUT2D eigenvalue weighted by Crippen LogP contribution is 2.12. The fourth-order valence-electron chi connectivity index (χ4n) is 1.85. The molecule has 4 nitrogen and oxygen atoms in total. The number of carbonyl (C=O) groups is 1. The topological polar surface area (TPSA) is 54.0 Å². The van der Waals surface area contributed by atoms with Gasteiger partial charge < -0.3 is 10.6 Å². The van der Waals surface area contributed by atoms with Gasteiger partial charge in [0.2, 0.25) is 0 Å². The molecule has 0 aromatic carbocycles. The van der Waals surface area contributed by atoms with Crippen LogP contribution in [0.25, 0.3) is 0 Å². The maximum atomic E-state index is 12.2. The first-order valence-electron chi connectivity index (χ1n) is 7.66. The van der Waals surface area contributed by atoms with Gasteiger partial charge in [0.1, 0.15) is 5.82 Å². The molecule has 2 N–H and O–H groups in total. The van der Waals surface area contributed by atoms with Crippen molar-refractivity contribution in [1.82, 2.24) is 10.3 Å². The average Bonchev–Trinajstić information content (AvgIpc) is 2.52. The van der Waals surface area contributed by atoms with E-state index in [1.165, 1.54) is 0 Å². The zero-order valence-electron chi connectivity index (χ0n) is 13.5. The number of hydrogen-bond donors (Lipinski definition) is 2. The third-order valence-electron chi connectivity index (χ3n) is 3.30. The van der Waals surface area contributed by atoms with Gasteiger partial charge in [-0.2, -0.15) is 11.8 Å². The SMILES string of the molecule is CCCNc1cc(C(=O)NCCC(C)SC)cc(CC)n1. The maximum absolute atomic E-state index is 12.2. The summed E-state index contributed by atoms with van der Waals surface area (Å²) in [6.45, 7) is 7.91. The Labute approximate surface area is 132 Å². The van der Waals surface area contributed by atoms with E-state index in [-0.39, 0.29) is 5.91 Å². The lowest BCUT2D eigenvalue weighted by Crippen LogP contribution is -2.26. The van der Waals surface area contributed by atoms with Gasteiger partial charge >= 0.3 is 0 Å². The van der Waals surface area contributed by atoms with Crippen LogP contribution in [0, 0.1) is 0 Å². The molecule has 1 heterocycles. The minimum Gasteiger partial charge on any atom is -0.370 e. The molecule has 0 saturated carbocycles. The molecule has 0 bridgehead atoms. The number of pyridine rings is 1. The van der Waals surface area contributed by atoms with Crippen LogP contribution in [0.15, 0.2) is 12.1 Å². The minimum atomic E-state index is -0.0139. The Morgan fingerprint density at radius 3 is 2.71 bits per heavy atom. The fourth-order valence-corrected chi connectivity index (χ4v) is 2.21. The van der Waals surface area contributed by atoms with Crippen molar-refractivity contribution in [2.75, 3.05) is 24.7 Å². The van der Waals surface area contributed by atoms with E-state index < -0.39 is 0 Å². The van der Waals surface area contributed by atoms with Gasteiger partial charge in [0.15, 0.2) is 0 Å². The fraction of sp³-hybridized carbons (Fsp3) is 0.625. The van der Waals surface area contributed by atoms with E-state index in [0.29, 0.717) is 17.4 Å². The molecule has 118 valence electrons. The highest BCUT2D eigenvalue weighted by molar-refractivity contribution is 7.99. The van der Waals surface area contributed by atoms with Crippen LogP contribution >= 0.6 is 11.8 Å². The van der Waals surface area contributed by atoms with Crippen LogP contribution in [-0.4, -0.2) is 35.5 Å². The number of aromatic nitrogens is 1. The number of aryl methyl sites for hydroxylation is 1. The molecule has 1 rings (SSSR count). The minimum absolute atomic E-state index is 0.0139. The molecule has 0 fully saturated rings. The summed E-state index contributed by atoms with van der Waals surface area (Å²) in [5, 5.41) is 6.81. The number of thioether (sulfide) groups is 1. The van der Waals surface area contributed by atoms with Gasteiger partial charge in [-0.3, -0.25) is 4.79 Å². The Morgan fingerprint density at radius 2 is 2.10 bits per heavy atom. The van der Waals surface area contributed by atoms with Crippen LogP contribution in [0.1, 0.15) is 49.7 Å². The second-order valence-corrected chi connectivity index (χ2v) is 6.38. The molecule has 0 saturated heterocycles. The lowest BCUT2D eigenvalue weighted by molar-refractivity contribution is 0.0953.